The smallest absolute Gasteiger partial charge is 0.203 e. The molecule has 2 N–H and O–H groups in total. The van der Waals surface area contributed by atoms with Gasteiger partial charge in [-0.25, -0.2) is 0 Å². The van der Waals surface area contributed by atoms with Crippen molar-refractivity contribution < 1.29 is 14.2 Å². The number of hydrogen-bond donors (Lipinski definition) is 2. The van der Waals surface area contributed by atoms with E-state index in [0.29, 0.717) is 28.3 Å². The molecule has 2 heterocycles. The highest BCUT2D eigenvalue weighted by Gasteiger charge is 2.15. The van der Waals surface area contributed by atoms with Crippen LogP contribution in [0.1, 0.15) is 0 Å². The lowest BCUT2D eigenvalue weighted by Crippen LogP contribution is -1.97. The van der Waals surface area contributed by atoms with E-state index < -0.39 is 0 Å². The number of aromatic amines is 2. The van der Waals surface area contributed by atoms with Gasteiger partial charge in [-0.2, -0.15) is 0 Å². The van der Waals surface area contributed by atoms with Crippen molar-refractivity contribution >= 4 is 11.0 Å². The number of H-pyrrole nitrogens is 2. The molecule has 3 aromatic rings. The molecule has 22 heavy (non-hydrogen) atoms. The van der Waals surface area contributed by atoms with Gasteiger partial charge < -0.3 is 24.2 Å². The van der Waals surface area contributed by atoms with Gasteiger partial charge in [-0.05, 0) is 18.2 Å². The van der Waals surface area contributed by atoms with E-state index in [9.17, 15) is 4.79 Å². The lowest BCUT2D eigenvalue weighted by Gasteiger charge is -2.13. The molecule has 1 aromatic carbocycles. The number of pyridine rings is 1. The number of benzene rings is 1. The zero-order chi connectivity index (χ0) is 15.7. The van der Waals surface area contributed by atoms with Crippen LogP contribution in [0.15, 0.2) is 35.3 Å². The van der Waals surface area contributed by atoms with Gasteiger partial charge in [0.15, 0.2) is 16.9 Å². The highest BCUT2D eigenvalue weighted by molar-refractivity contribution is 5.83. The number of nitrogens with one attached hydrogen (secondary N) is 2. The van der Waals surface area contributed by atoms with Crippen LogP contribution in [-0.4, -0.2) is 31.3 Å². The molecule has 6 nitrogen and oxygen atoms in total. The van der Waals surface area contributed by atoms with Gasteiger partial charge in [0, 0.05) is 23.5 Å². The molecule has 0 aliphatic rings. The molecule has 0 saturated carbocycles. The lowest BCUT2D eigenvalue weighted by atomic mass is 10.1. The Balaban J connectivity index is 2.21. The van der Waals surface area contributed by atoms with Crippen LogP contribution >= 0.6 is 0 Å². The van der Waals surface area contributed by atoms with E-state index in [4.69, 9.17) is 14.2 Å². The van der Waals surface area contributed by atoms with Crippen molar-refractivity contribution in [2.75, 3.05) is 21.3 Å². The minimum Gasteiger partial charge on any atom is -0.493 e. The summed E-state index contributed by atoms with van der Waals surface area (Å²) in [7, 11) is 4.69. The Morgan fingerprint density at radius 3 is 2.18 bits per heavy atom. The normalized spacial score (nSPS) is 10.7. The van der Waals surface area contributed by atoms with Gasteiger partial charge in [0.05, 0.1) is 26.7 Å². The molecule has 0 atom stereocenters. The summed E-state index contributed by atoms with van der Waals surface area (Å²) >= 11 is 0. The molecule has 0 fully saturated rings. The van der Waals surface area contributed by atoms with Crippen molar-refractivity contribution in [3.8, 4) is 28.5 Å². The van der Waals surface area contributed by atoms with Gasteiger partial charge in [-0.3, -0.25) is 4.79 Å². The molecular formula is C16H16N2O4. The van der Waals surface area contributed by atoms with E-state index in [1.807, 2.05) is 12.1 Å². The molecule has 3 rings (SSSR count). The van der Waals surface area contributed by atoms with Crippen LogP contribution in [0.5, 0.6) is 17.2 Å². The summed E-state index contributed by atoms with van der Waals surface area (Å²) in [6.07, 6.45) is 1.61. The van der Waals surface area contributed by atoms with Gasteiger partial charge in [0.1, 0.15) is 5.65 Å². The van der Waals surface area contributed by atoms with Gasteiger partial charge in [0.25, 0.3) is 0 Å². The van der Waals surface area contributed by atoms with E-state index in [-0.39, 0.29) is 5.43 Å². The molecule has 0 aliphatic carbocycles. The van der Waals surface area contributed by atoms with Crippen molar-refractivity contribution in [2.24, 2.45) is 0 Å². The summed E-state index contributed by atoms with van der Waals surface area (Å²) in [4.78, 5) is 18.1. The molecule has 114 valence electrons. The molecule has 0 spiro atoms. The molecule has 0 aliphatic heterocycles. The first-order chi connectivity index (χ1) is 10.7. The summed E-state index contributed by atoms with van der Waals surface area (Å²) in [5.41, 5.74) is 2.26. The monoisotopic (exact) mass is 300 g/mol. The van der Waals surface area contributed by atoms with Crippen LogP contribution in [0.3, 0.4) is 0 Å². The number of hydrogen-bond acceptors (Lipinski definition) is 4. The van der Waals surface area contributed by atoms with Crippen LogP contribution < -0.4 is 19.6 Å². The van der Waals surface area contributed by atoms with Crippen LogP contribution in [-0.2, 0) is 0 Å². The average Bonchev–Trinajstić information content (AvgIpc) is 2.99. The zero-order valence-corrected chi connectivity index (χ0v) is 12.5. The lowest BCUT2D eigenvalue weighted by molar-refractivity contribution is 0.324. The summed E-state index contributed by atoms with van der Waals surface area (Å²) in [5.74, 6) is 1.64. The number of rotatable bonds is 4. The molecule has 0 amide bonds. The minimum atomic E-state index is -0.0382. The SMILES string of the molecule is COc1cc(-c2cc3c(=O)cc[nH]c3[nH]2)cc(OC)c1OC. The third kappa shape index (κ3) is 2.18. The summed E-state index contributed by atoms with van der Waals surface area (Å²) < 4.78 is 16.0. The molecule has 2 aromatic heterocycles. The molecule has 0 radical (unpaired) electrons. The van der Waals surface area contributed by atoms with E-state index >= 15 is 0 Å². The fourth-order valence-corrected chi connectivity index (χ4v) is 2.45. The maximum absolute atomic E-state index is 11.9. The number of methoxy groups -OCH3 is 3. The van der Waals surface area contributed by atoms with Gasteiger partial charge in [-0.1, -0.05) is 0 Å². The van der Waals surface area contributed by atoms with Crippen LogP contribution in [0.2, 0.25) is 0 Å². The molecule has 0 saturated heterocycles. The first kappa shape index (κ1) is 14.1. The van der Waals surface area contributed by atoms with Crippen molar-refractivity contribution in [1.82, 2.24) is 9.97 Å². The van der Waals surface area contributed by atoms with Gasteiger partial charge >= 0.3 is 0 Å². The third-order valence-corrected chi connectivity index (χ3v) is 3.52. The van der Waals surface area contributed by atoms with E-state index in [1.165, 1.54) is 6.07 Å². The molecule has 6 heteroatoms. The van der Waals surface area contributed by atoms with Crippen molar-refractivity contribution in [3.05, 3.63) is 40.7 Å². The highest BCUT2D eigenvalue weighted by atomic mass is 16.5. The van der Waals surface area contributed by atoms with Crippen LogP contribution in [0.4, 0.5) is 0 Å². The maximum Gasteiger partial charge on any atom is 0.203 e. The summed E-state index contributed by atoms with van der Waals surface area (Å²) in [5, 5.41) is 0.603. The molecule has 0 bridgehead atoms. The van der Waals surface area contributed by atoms with Gasteiger partial charge in [-0.15, -0.1) is 0 Å². The predicted octanol–water partition coefficient (Wildman–Crippen LogP) is 2.55. The standard InChI is InChI=1S/C16H16N2O4/c1-20-13-6-9(7-14(21-2)15(13)22-3)11-8-10-12(19)4-5-17-16(10)18-11/h4-8H,1-3H3,(H2,17,18,19). The Hall–Kier alpha value is -2.89. The number of fused-ring (bicyclic) bond motifs is 1. The second kappa shape index (κ2) is 5.48. The highest BCUT2D eigenvalue weighted by Crippen LogP contribution is 2.41. The van der Waals surface area contributed by atoms with E-state index in [1.54, 1.807) is 33.6 Å². The Morgan fingerprint density at radius 1 is 0.955 bits per heavy atom. The van der Waals surface area contributed by atoms with E-state index in [0.717, 1.165) is 11.3 Å². The maximum atomic E-state index is 11.9. The van der Waals surface area contributed by atoms with Crippen molar-refractivity contribution in [3.63, 3.8) is 0 Å². The van der Waals surface area contributed by atoms with Crippen molar-refractivity contribution in [2.45, 2.75) is 0 Å². The Kier molecular flexibility index (Phi) is 3.50. The predicted molar refractivity (Wildman–Crippen MR) is 84.0 cm³/mol. The summed E-state index contributed by atoms with van der Waals surface area (Å²) in [6.45, 7) is 0. The number of aromatic nitrogens is 2. The largest absolute Gasteiger partial charge is 0.493 e. The van der Waals surface area contributed by atoms with Crippen LogP contribution in [0, 0.1) is 0 Å². The quantitative estimate of drug-likeness (QED) is 0.776. The summed E-state index contributed by atoms with van der Waals surface area (Å²) in [6, 6.07) is 6.96. The fourth-order valence-electron chi connectivity index (χ4n) is 2.45. The average molecular weight is 300 g/mol. The fraction of sp³-hybridized carbons (Fsp3) is 0.188. The third-order valence-electron chi connectivity index (χ3n) is 3.52. The van der Waals surface area contributed by atoms with Gasteiger partial charge in [0.2, 0.25) is 5.75 Å². The topological polar surface area (TPSA) is 76.3 Å². The Labute approximate surface area is 126 Å². The minimum absolute atomic E-state index is 0.0382. The second-order valence-corrected chi connectivity index (χ2v) is 4.73. The van der Waals surface area contributed by atoms with Crippen LogP contribution in [0.25, 0.3) is 22.3 Å². The first-order valence-corrected chi connectivity index (χ1v) is 6.68. The Bertz CT molecular complexity index is 854. The molecule has 0 unspecified atom stereocenters. The van der Waals surface area contributed by atoms with Crippen molar-refractivity contribution in [1.29, 1.82) is 0 Å². The first-order valence-electron chi connectivity index (χ1n) is 6.68. The Morgan fingerprint density at radius 2 is 1.64 bits per heavy atom. The molecular weight excluding hydrogens is 284 g/mol. The zero-order valence-electron chi connectivity index (χ0n) is 12.5. The van der Waals surface area contributed by atoms with E-state index in [2.05, 4.69) is 9.97 Å². The second-order valence-electron chi connectivity index (χ2n) is 4.73. The number of ether oxygens (including phenoxy) is 3.